The predicted molar refractivity (Wildman–Crippen MR) is 94.4 cm³/mol. The molecular formula is C18H24N2O4S. The highest BCUT2D eigenvalue weighted by Crippen LogP contribution is 2.24. The number of rotatable bonds is 3. The number of carbonyl (C=O) groups is 2. The third kappa shape index (κ3) is 4.21. The molecule has 0 unspecified atom stereocenters. The van der Waals surface area contributed by atoms with Gasteiger partial charge in [0.05, 0.1) is 17.4 Å². The van der Waals surface area contributed by atoms with E-state index in [9.17, 15) is 18.0 Å². The van der Waals surface area contributed by atoms with Crippen LogP contribution in [0.2, 0.25) is 0 Å². The van der Waals surface area contributed by atoms with Crippen molar-refractivity contribution in [3.63, 3.8) is 0 Å². The van der Waals surface area contributed by atoms with E-state index in [1.807, 2.05) is 37.3 Å². The van der Waals surface area contributed by atoms with Gasteiger partial charge in [0.25, 0.3) is 0 Å². The van der Waals surface area contributed by atoms with Crippen LogP contribution in [0.4, 0.5) is 0 Å². The standard InChI is InChI=1S/C18H24N2O4S/c1-14-7-9-25(23,24)10-8-20(14)18(22)16-11-17(21)19(13-16)12-15-5-3-2-4-6-15/h2-6,14,16H,7-13H2,1H3/t14-,16-/m1/s1. The van der Waals surface area contributed by atoms with Gasteiger partial charge in [0, 0.05) is 32.1 Å². The molecule has 136 valence electrons. The van der Waals surface area contributed by atoms with Crippen molar-refractivity contribution < 1.29 is 18.0 Å². The van der Waals surface area contributed by atoms with Crippen LogP contribution in [0.1, 0.15) is 25.3 Å². The summed E-state index contributed by atoms with van der Waals surface area (Å²) in [6.07, 6.45) is 0.671. The summed E-state index contributed by atoms with van der Waals surface area (Å²) in [5.41, 5.74) is 1.04. The SMILES string of the molecule is C[C@@H]1CCS(=O)(=O)CCN1C(=O)[C@@H]1CC(=O)N(Cc2ccccc2)C1. The first-order valence-corrected chi connectivity index (χ1v) is 10.5. The highest BCUT2D eigenvalue weighted by molar-refractivity contribution is 7.91. The summed E-state index contributed by atoms with van der Waals surface area (Å²) in [6, 6.07) is 9.60. The van der Waals surface area contributed by atoms with Crippen LogP contribution in [0.15, 0.2) is 30.3 Å². The smallest absolute Gasteiger partial charge is 0.228 e. The number of hydrogen-bond donors (Lipinski definition) is 0. The van der Waals surface area contributed by atoms with E-state index in [0.717, 1.165) is 5.56 Å². The fourth-order valence-corrected chi connectivity index (χ4v) is 4.90. The molecule has 1 aromatic carbocycles. The lowest BCUT2D eigenvalue weighted by molar-refractivity contribution is -0.137. The maximum Gasteiger partial charge on any atom is 0.228 e. The number of benzene rings is 1. The van der Waals surface area contributed by atoms with Crippen LogP contribution in [0, 0.1) is 5.92 Å². The average Bonchev–Trinajstić information content (AvgIpc) is 2.87. The van der Waals surface area contributed by atoms with E-state index in [-0.39, 0.29) is 48.2 Å². The largest absolute Gasteiger partial charge is 0.339 e. The van der Waals surface area contributed by atoms with Crippen molar-refractivity contribution in [2.75, 3.05) is 24.6 Å². The van der Waals surface area contributed by atoms with Gasteiger partial charge in [-0.25, -0.2) is 8.42 Å². The predicted octanol–water partition coefficient (Wildman–Crippen LogP) is 1.07. The first-order valence-electron chi connectivity index (χ1n) is 8.68. The molecule has 2 aliphatic heterocycles. The van der Waals surface area contributed by atoms with E-state index in [0.29, 0.717) is 19.5 Å². The van der Waals surface area contributed by atoms with Crippen molar-refractivity contribution in [1.82, 2.24) is 9.80 Å². The molecule has 0 spiro atoms. The second kappa shape index (κ2) is 7.15. The molecule has 25 heavy (non-hydrogen) atoms. The molecule has 6 nitrogen and oxygen atoms in total. The fraction of sp³-hybridized carbons (Fsp3) is 0.556. The topological polar surface area (TPSA) is 74.8 Å². The van der Waals surface area contributed by atoms with Crippen molar-refractivity contribution in [1.29, 1.82) is 0 Å². The highest BCUT2D eigenvalue weighted by atomic mass is 32.2. The second-order valence-electron chi connectivity index (χ2n) is 6.98. The van der Waals surface area contributed by atoms with Crippen molar-refractivity contribution in [2.45, 2.75) is 32.4 Å². The Hall–Kier alpha value is -1.89. The average molecular weight is 364 g/mol. The molecule has 1 aromatic rings. The summed E-state index contributed by atoms with van der Waals surface area (Å²) in [5, 5.41) is 0. The van der Waals surface area contributed by atoms with E-state index >= 15 is 0 Å². The molecule has 0 saturated carbocycles. The molecule has 0 radical (unpaired) electrons. The van der Waals surface area contributed by atoms with Crippen molar-refractivity contribution in [2.24, 2.45) is 5.92 Å². The first kappa shape index (κ1) is 17.9. The Kier molecular flexibility index (Phi) is 5.13. The third-order valence-corrected chi connectivity index (χ3v) is 6.75. The van der Waals surface area contributed by atoms with Gasteiger partial charge in [-0.3, -0.25) is 9.59 Å². The Morgan fingerprint density at radius 3 is 2.64 bits per heavy atom. The van der Waals surface area contributed by atoms with Gasteiger partial charge in [-0.05, 0) is 18.9 Å². The molecule has 0 N–H and O–H groups in total. The van der Waals surface area contributed by atoms with Crippen LogP contribution < -0.4 is 0 Å². The summed E-state index contributed by atoms with van der Waals surface area (Å²) in [6.45, 7) is 3.03. The van der Waals surface area contributed by atoms with Gasteiger partial charge in [-0.15, -0.1) is 0 Å². The van der Waals surface area contributed by atoms with E-state index in [1.165, 1.54) is 0 Å². The lowest BCUT2D eigenvalue weighted by atomic mass is 10.1. The molecule has 2 fully saturated rings. The molecule has 2 heterocycles. The molecule has 2 atom stereocenters. The zero-order valence-electron chi connectivity index (χ0n) is 14.4. The van der Waals surface area contributed by atoms with Crippen LogP contribution in [-0.2, 0) is 26.0 Å². The monoisotopic (exact) mass is 364 g/mol. The Balaban J connectivity index is 1.66. The van der Waals surface area contributed by atoms with Gasteiger partial charge in [-0.1, -0.05) is 30.3 Å². The number of amides is 2. The number of sulfone groups is 1. The summed E-state index contributed by atoms with van der Waals surface area (Å²) in [5.74, 6) is -0.343. The number of hydrogen-bond acceptors (Lipinski definition) is 4. The van der Waals surface area contributed by atoms with Crippen molar-refractivity contribution >= 4 is 21.7 Å². The quantitative estimate of drug-likeness (QED) is 0.804. The van der Waals surface area contributed by atoms with Gasteiger partial charge in [-0.2, -0.15) is 0 Å². The maximum atomic E-state index is 12.9. The van der Waals surface area contributed by atoms with Crippen LogP contribution in [0.3, 0.4) is 0 Å². The normalized spacial score (nSPS) is 26.5. The van der Waals surface area contributed by atoms with Gasteiger partial charge in [0.1, 0.15) is 0 Å². The number of likely N-dealkylation sites (tertiary alicyclic amines) is 1. The second-order valence-corrected chi connectivity index (χ2v) is 9.29. The van der Waals surface area contributed by atoms with Gasteiger partial charge in [0.2, 0.25) is 11.8 Å². The number of nitrogens with zero attached hydrogens (tertiary/aromatic N) is 2. The zero-order chi connectivity index (χ0) is 18.0. The van der Waals surface area contributed by atoms with E-state index < -0.39 is 9.84 Å². The van der Waals surface area contributed by atoms with E-state index in [4.69, 9.17) is 0 Å². The molecular weight excluding hydrogens is 340 g/mol. The van der Waals surface area contributed by atoms with Crippen molar-refractivity contribution in [3.05, 3.63) is 35.9 Å². The lowest BCUT2D eigenvalue weighted by Crippen LogP contribution is -2.43. The van der Waals surface area contributed by atoms with Gasteiger partial charge < -0.3 is 9.80 Å². The van der Waals surface area contributed by atoms with Crippen LogP contribution >= 0.6 is 0 Å². The molecule has 7 heteroatoms. The van der Waals surface area contributed by atoms with Crippen molar-refractivity contribution in [3.8, 4) is 0 Å². The van der Waals surface area contributed by atoms with E-state index in [1.54, 1.807) is 9.80 Å². The van der Waals surface area contributed by atoms with Crippen LogP contribution in [0.5, 0.6) is 0 Å². The lowest BCUT2D eigenvalue weighted by Gasteiger charge is -2.29. The van der Waals surface area contributed by atoms with Crippen LogP contribution in [0.25, 0.3) is 0 Å². The van der Waals surface area contributed by atoms with Gasteiger partial charge in [0.15, 0.2) is 9.84 Å². The minimum absolute atomic E-state index is 0.0114. The Morgan fingerprint density at radius 1 is 1.20 bits per heavy atom. The summed E-state index contributed by atoms with van der Waals surface area (Å²) in [7, 11) is -3.08. The fourth-order valence-electron chi connectivity index (χ4n) is 3.52. The molecule has 0 aliphatic carbocycles. The summed E-state index contributed by atoms with van der Waals surface area (Å²) < 4.78 is 23.6. The van der Waals surface area contributed by atoms with E-state index in [2.05, 4.69) is 0 Å². The van der Waals surface area contributed by atoms with Gasteiger partial charge >= 0.3 is 0 Å². The summed E-state index contributed by atoms with van der Waals surface area (Å²) >= 11 is 0. The minimum Gasteiger partial charge on any atom is -0.339 e. The summed E-state index contributed by atoms with van der Waals surface area (Å²) in [4.78, 5) is 28.5. The minimum atomic E-state index is -3.08. The molecule has 2 saturated heterocycles. The maximum absolute atomic E-state index is 12.9. The molecule has 0 bridgehead atoms. The third-order valence-electron chi connectivity index (χ3n) is 5.08. The van der Waals surface area contributed by atoms with Crippen LogP contribution in [-0.4, -0.2) is 60.7 Å². The first-order chi connectivity index (χ1) is 11.9. The highest BCUT2D eigenvalue weighted by Gasteiger charge is 2.38. The Morgan fingerprint density at radius 2 is 1.92 bits per heavy atom. The Bertz CT molecular complexity index is 748. The number of carbonyl (C=O) groups excluding carboxylic acids is 2. The molecule has 2 aliphatic rings. The zero-order valence-corrected chi connectivity index (χ0v) is 15.2. The molecule has 2 amide bonds. The Labute approximate surface area is 148 Å². The molecule has 0 aromatic heterocycles. The molecule has 3 rings (SSSR count).